The normalized spacial score (nSPS) is 16.8. The molecule has 0 aliphatic heterocycles. The van der Waals surface area contributed by atoms with E-state index in [0.29, 0.717) is 12.4 Å². The van der Waals surface area contributed by atoms with Gasteiger partial charge in [0.05, 0.1) is 23.3 Å². The molecule has 158 valence electrons. The smallest absolute Gasteiger partial charge is 0.166 e. The summed E-state index contributed by atoms with van der Waals surface area (Å²) in [7, 11) is 0. The molecule has 0 radical (unpaired) electrons. The van der Waals surface area contributed by atoms with Gasteiger partial charge in [-0.3, -0.25) is 9.78 Å². The van der Waals surface area contributed by atoms with Crippen LogP contribution in [0.25, 0.3) is 11.0 Å². The van der Waals surface area contributed by atoms with Crippen LogP contribution in [0.1, 0.15) is 62.6 Å². The number of ketones is 1. The number of nitrogens with one attached hydrogen (secondary N) is 1. The van der Waals surface area contributed by atoms with Crippen LogP contribution in [0.3, 0.4) is 0 Å². The van der Waals surface area contributed by atoms with E-state index in [1.54, 1.807) is 11.8 Å². The highest BCUT2D eigenvalue weighted by molar-refractivity contribution is 7.98. The molecule has 1 aromatic carbocycles. The third-order valence-corrected chi connectivity index (χ3v) is 7.15. The van der Waals surface area contributed by atoms with Crippen LogP contribution in [0, 0.1) is 13.8 Å². The van der Waals surface area contributed by atoms with Crippen LogP contribution < -0.4 is 4.74 Å². The number of thioether (sulfide) groups is 1. The number of H-pyrrole nitrogens is 1. The minimum absolute atomic E-state index is 0.262. The second-order valence-corrected chi connectivity index (χ2v) is 10.1. The second kappa shape index (κ2) is 7.12. The largest absolute Gasteiger partial charge is 0.493 e. The minimum Gasteiger partial charge on any atom is -0.493 e. The number of aromatic amines is 1. The number of carbonyl (C=O) groups is 1. The van der Waals surface area contributed by atoms with Gasteiger partial charge < -0.3 is 9.72 Å². The van der Waals surface area contributed by atoms with Crippen molar-refractivity contribution in [1.82, 2.24) is 15.0 Å². The lowest BCUT2D eigenvalue weighted by Gasteiger charge is -2.21. The fourth-order valence-electron chi connectivity index (χ4n) is 4.57. The van der Waals surface area contributed by atoms with Crippen molar-refractivity contribution in [2.75, 3.05) is 6.61 Å². The third kappa shape index (κ3) is 3.13. The highest BCUT2D eigenvalue weighted by Crippen LogP contribution is 2.47. The number of benzene rings is 1. The summed E-state index contributed by atoms with van der Waals surface area (Å²) in [5.41, 5.74) is 6.24. The molecule has 5 nitrogen and oxygen atoms in total. The van der Waals surface area contributed by atoms with Crippen molar-refractivity contribution in [2.24, 2.45) is 0 Å². The van der Waals surface area contributed by atoms with E-state index in [2.05, 4.69) is 29.0 Å². The van der Waals surface area contributed by atoms with E-state index < -0.39 is 10.8 Å². The molecular weight excluding hydrogens is 394 g/mol. The molecule has 0 spiro atoms. The molecule has 1 N–H and O–H groups in total. The highest BCUT2D eigenvalue weighted by atomic mass is 32.2. The number of hydrogen-bond acceptors (Lipinski definition) is 5. The SMILES string of the molecule is CCOc1c(C)cnc(CSc2nc3cc4c(cc3[nH]2)C(C)(C)C(=O)C4(C)C)c1C. The summed E-state index contributed by atoms with van der Waals surface area (Å²) in [6.45, 7) is 14.8. The van der Waals surface area contributed by atoms with E-state index in [1.807, 2.05) is 47.7 Å². The summed E-state index contributed by atoms with van der Waals surface area (Å²) in [6.07, 6.45) is 1.87. The van der Waals surface area contributed by atoms with Crippen LogP contribution in [-0.2, 0) is 21.4 Å². The first kappa shape index (κ1) is 20.9. The Morgan fingerprint density at radius 1 is 1.10 bits per heavy atom. The Kier molecular flexibility index (Phi) is 4.96. The maximum absolute atomic E-state index is 12.9. The van der Waals surface area contributed by atoms with Gasteiger partial charge in [-0.15, -0.1) is 0 Å². The summed E-state index contributed by atoms with van der Waals surface area (Å²) in [5.74, 6) is 1.90. The Balaban J connectivity index is 1.64. The Morgan fingerprint density at radius 2 is 1.77 bits per heavy atom. The van der Waals surface area contributed by atoms with Crippen LogP contribution in [0.2, 0.25) is 0 Å². The topological polar surface area (TPSA) is 67.9 Å². The minimum atomic E-state index is -0.488. The molecule has 0 saturated carbocycles. The molecule has 30 heavy (non-hydrogen) atoms. The molecule has 6 heteroatoms. The molecule has 0 fully saturated rings. The average molecular weight is 424 g/mol. The number of fused-ring (bicyclic) bond motifs is 2. The molecule has 1 aliphatic carbocycles. The Labute approximate surface area is 182 Å². The van der Waals surface area contributed by atoms with Crippen molar-refractivity contribution in [3.8, 4) is 5.75 Å². The zero-order valence-corrected chi connectivity index (χ0v) is 19.6. The van der Waals surface area contributed by atoms with Gasteiger partial charge in [-0.05, 0) is 71.7 Å². The molecule has 2 aromatic heterocycles. The number of carbonyl (C=O) groups excluding carboxylic acids is 1. The fourth-order valence-corrected chi connectivity index (χ4v) is 5.48. The molecule has 1 aliphatic rings. The van der Waals surface area contributed by atoms with E-state index >= 15 is 0 Å². The van der Waals surface area contributed by atoms with Crippen molar-refractivity contribution < 1.29 is 9.53 Å². The van der Waals surface area contributed by atoms with Gasteiger partial charge in [-0.1, -0.05) is 11.8 Å². The molecule has 4 rings (SSSR count). The van der Waals surface area contributed by atoms with Crippen molar-refractivity contribution in [1.29, 1.82) is 0 Å². The summed E-state index contributed by atoms with van der Waals surface area (Å²) < 4.78 is 5.80. The van der Waals surface area contributed by atoms with E-state index in [9.17, 15) is 4.79 Å². The van der Waals surface area contributed by atoms with E-state index in [-0.39, 0.29) is 5.78 Å². The molecule has 0 amide bonds. The standard InChI is InChI=1S/C24H29N3O2S/c1-8-29-20-13(2)11-25-19(14(20)3)12-30-22-26-17-9-15-16(10-18(17)27-22)24(6,7)21(28)23(15,4)5/h9-11H,8,12H2,1-7H3,(H,26,27). The Hall–Kier alpha value is -2.34. The predicted molar refractivity (Wildman–Crippen MR) is 122 cm³/mol. The molecule has 3 aromatic rings. The number of Topliss-reactive ketones (excluding diaryl/α,β-unsaturated/α-hetero) is 1. The number of aryl methyl sites for hydroxylation is 1. The Morgan fingerprint density at radius 3 is 2.43 bits per heavy atom. The maximum Gasteiger partial charge on any atom is 0.166 e. The lowest BCUT2D eigenvalue weighted by atomic mass is 9.80. The van der Waals surface area contributed by atoms with Crippen LogP contribution in [0.4, 0.5) is 0 Å². The number of aromatic nitrogens is 3. The average Bonchev–Trinajstić information content (AvgIpc) is 3.15. The number of hydrogen-bond donors (Lipinski definition) is 1. The van der Waals surface area contributed by atoms with E-state index in [1.165, 1.54) is 0 Å². The van der Waals surface area contributed by atoms with Crippen molar-refractivity contribution >= 4 is 28.6 Å². The van der Waals surface area contributed by atoms with Crippen LogP contribution in [0.15, 0.2) is 23.5 Å². The molecule has 2 heterocycles. The van der Waals surface area contributed by atoms with Gasteiger partial charge in [0.2, 0.25) is 0 Å². The molecule has 0 atom stereocenters. The molecule has 0 unspecified atom stereocenters. The first-order valence-corrected chi connectivity index (χ1v) is 11.4. The molecule has 0 saturated heterocycles. The number of nitrogens with zero attached hydrogens (tertiary/aromatic N) is 2. The highest BCUT2D eigenvalue weighted by Gasteiger charge is 2.50. The summed E-state index contributed by atoms with van der Waals surface area (Å²) in [4.78, 5) is 25.7. The quantitative estimate of drug-likeness (QED) is 0.556. The van der Waals surface area contributed by atoms with Gasteiger partial charge in [0.25, 0.3) is 0 Å². The Bertz CT molecular complexity index is 1110. The predicted octanol–water partition coefficient (Wildman–Crippen LogP) is 5.40. The van der Waals surface area contributed by atoms with Gasteiger partial charge in [0, 0.05) is 33.9 Å². The zero-order chi connectivity index (χ0) is 21.8. The van der Waals surface area contributed by atoms with Crippen LogP contribution in [0.5, 0.6) is 5.75 Å². The monoisotopic (exact) mass is 423 g/mol. The molecular formula is C24H29N3O2S. The van der Waals surface area contributed by atoms with E-state index in [4.69, 9.17) is 9.72 Å². The molecule has 0 bridgehead atoms. The lowest BCUT2D eigenvalue weighted by Crippen LogP contribution is -2.33. The van der Waals surface area contributed by atoms with Gasteiger partial charge in [0.1, 0.15) is 5.75 Å². The first-order valence-electron chi connectivity index (χ1n) is 10.4. The second-order valence-electron chi connectivity index (χ2n) is 9.10. The van der Waals surface area contributed by atoms with Crippen molar-refractivity contribution in [2.45, 2.75) is 70.2 Å². The fraction of sp³-hybridized carbons (Fsp3) is 0.458. The third-order valence-electron chi connectivity index (χ3n) is 6.26. The number of ether oxygens (including phenoxy) is 1. The van der Waals surface area contributed by atoms with Crippen LogP contribution >= 0.6 is 11.8 Å². The van der Waals surface area contributed by atoms with Crippen molar-refractivity contribution in [3.63, 3.8) is 0 Å². The van der Waals surface area contributed by atoms with Gasteiger partial charge in [0.15, 0.2) is 10.9 Å². The van der Waals surface area contributed by atoms with Gasteiger partial charge in [-0.2, -0.15) is 0 Å². The summed E-state index contributed by atoms with van der Waals surface area (Å²) in [5, 5.41) is 0.857. The maximum atomic E-state index is 12.9. The summed E-state index contributed by atoms with van der Waals surface area (Å²) >= 11 is 1.63. The number of rotatable bonds is 5. The zero-order valence-electron chi connectivity index (χ0n) is 18.8. The van der Waals surface area contributed by atoms with Crippen LogP contribution in [-0.4, -0.2) is 27.3 Å². The number of imidazole rings is 1. The van der Waals surface area contributed by atoms with Gasteiger partial charge in [-0.25, -0.2) is 4.98 Å². The lowest BCUT2D eigenvalue weighted by molar-refractivity contribution is -0.126. The van der Waals surface area contributed by atoms with Gasteiger partial charge >= 0.3 is 0 Å². The first-order chi connectivity index (χ1) is 14.1. The number of pyridine rings is 1. The van der Waals surface area contributed by atoms with Crippen molar-refractivity contribution in [3.05, 3.63) is 46.3 Å². The van der Waals surface area contributed by atoms with E-state index in [0.717, 1.165) is 49.9 Å². The summed E-state index contributed by atoms with van der Waals surface area (Å²) in [6, 6.07) is 4.19.